The van der Waals surface area contributed by atoms with Crippen LogP contribution in [0.25, 0.3) is 0 Å². The van der Waals surface area contributed by atoms with Gasteiger partial charge in [-0.1, -0.05) is 0 Å². The number of H-pyrrole nitrogens is 1. The zero-order chi connectivity index (χ0) is 13.2. The highest BCUT2D eigenvalue weighted by molar-refractivity contribution is 5.99. The number of anilines is 2. The lowest BCUT2D eigenvalue weighted by atomic mass is 10.2. The fourth-order valence-electron chi connectivity index (χ4n) is 1.81. The van der Waals surface area contributed by atoms with Crippen LogP contribution >= 0.6 is 0 Å². The summed E-state index contributed by atoms with van der Waals surface area (Å²) in [6, 6.07) is 3.15. The molecule has 1 fully saturated rings. The molecule has 0 unspecified atom stereocenters. The van der Waals surface area contributed by atoms with Crippen molar-refractivity contribution >= 4 is 17.5 Å². The number of hydrogen-bond acceptors (Lipinski definition) is 4. The van der Waals surface area contributed by atoms with E-state index in [1.54, 1.807) is 18.3 Å². The Morgan fingerprint density at radius 1 is 1.32 bits per heavy atom. The molecule has 1 aliphatic rings. The van der Waals surface area contributed by atoms with Gasteiger partial charge in [-0.25, -0.2) is 4.79 Å². The average Bonchev–Trinajstić information content (AvgIpc) is 3.13. The van der Waals surface area contributed by atoms with Crippen LogP contribution in [0.1, 0.15) is 30.1 Å². The number of urea groups is 1. The van der Waals surface area contributed by atoms with E-state index in [1.807, 2.05) is 6.92 Å². The Balaban J connectivity index is 1.64. The molecule has 2 amide bonds. The number of aromatic amines is 1. The molecule has 0 radical (unpaired) electrons. The van der Waals surface area contributed by atoms with Gasteiger partial charge in [-0.15, -0.1) is 5.10 Å². The maximum Gasteiger partial charge on any atom is 0.324 e. The van der Waals surface area contributed by atoms with Gasteiger partial charge in [-0.3, -0.25) is 10.4 Å². The standard InChI is InChI=1S/C12H14N6O/c1-7-2-5-10(17-16-7)15-12(19)14-9-6-13-18-11(9)8-3-4-8/h2,5-6,8H,3-4H2,1H3,(H,13,18)(H2,14,15,17,19). The number of hydrogen-bond donors (Lipinski definition) is 3. The van der Waals surface area contributed by atoms with Gasteiger partial charge in [0.15, 0.2) is 5.82 Å². The number of nitrogens with zero attached hydrogens (tertiary/aromatic N) is 3. The molecule has 0 bridgehead atoms. The zero-order valence-electron chi connectivity index (χ0n) is 10.5. The lowest BCUT2D eigenvalue weighted by Gasteiger charge is -2.06. The molecule has 7 nitrogen and oxygen atoms in total. The van der Waals surface area contributed by atoms with Crippen molar-refractivity contribution in [2.75, 3.05) is 10.6 Å². The highest BCUT2D eigenvalue weighted by atomic mass is 16.2. The Morgan fingerprint density at radius 3 is 2.84 bits per heavy atom. The summed E-state index contributed by atoms with van der Waals surface area (Å²) >= 11 is 0. The number of carbonyl (C=O) groups excluding carboxylic acids is 1. The van der Waals surface area contributed by atoms with Crippen molar-refractivity contribution < 1.29 is 4.79 Å². The number of amides is 2. The van der Waals surface area contributed by atoms with E-state index in [-0.39, 0.29) is 6.03 Å². The van der Waals surface area contributed by atoms with Crippen molar-refractivity contribution in [2.24, 2.45) is 0 Å². The van der Waals surface area contributed by atoms with E-state index in [0.717, 1.165) is 29.9 Å². The molecule has 3 rings (SSSR count). The second kappa shape index (κ2) is 4.68. The summed E-state index contributed by atoms with van der Waals surface area (Å²) in [5.74, 6) is 0.913. The normalized spacial score (nSPS) is 14.2. The molecule has 3 N–H and O–H groups in total. The number of rotatable bonds is 3. The molecule has 0 spiro atoms. The summed E-state index contributed by atoms with van der Waals surface area (Å²) < 4.78 is 0. The van der Waals surface area contributed by atoms with Crippen LogP contribution in [0, 0.1) is 6.92 Å². The first-order chi connectivity index (χ1) is 9.22. The molecule has 2 heterocycles. The van der Waals surface area contributed by atoms with E-state index in [9.17, 15) is 4.79 Å². The van der Waals surface area contributed by atoms with Crippen molar-refractivity contribution in [1.29, 1.82) is 0 Å². The second-order valence-electron chi connectivity index (χ2n) is 4.61. The molecule has 0 aliphatic heterocycles. The topological polar surface area (TPSA) is 95.6 Å². The molecule has 1 aliphatic carbocycles. The SMILES string of the molecule is Cc1ccc(NC(=O)Nc2cn[nH]c2C2CC2)nn1. The van der Waals surface area contributed by atoms with Gasteiger partial charge in [-0.2, -0.15) is 10.2 Å². The second-order valence-corrected chi connectivity index (χ2v) is 4.61. The maximum atomic E-state index is 11.8. The lowest BCUT2D eigenvalue weighted by Crippen LogP contribution is -2.20. The Morgan fingerprint density at radius 2 is 2.16 bits per heavy atom. The Kier molecular flexibility index (Phi) is 2.86. The van der Waals surface area contributed by atoms with Crippen LogP contribution in [-0.4, -0.2) is 26.4 Å². The summed E-state index contributed by atoms with van der Waals surface area (Å²) in [4.78, 5) is 11.8. The summed E-state index contributed by atoms with van der Waals surface area (Å²) in [5.41, 5.74) is 2.52. The Bertz CT molecular complexity index is 587. The molecule has 2 aromatic rings. The van der Waals surface area contributed by atoms with Crippen LogP contribution in [0.2, 0.25) is 0 Å². The van der Waals surface area contributed by atoms with E-state index < -0.39 is 0 Å². The van der Waals surface area contributed by atoms with Gasteiger partial charge in [0.1, 0.15) is 0 Å². The molecule has 1 saturated carbocycles. The van der Waals surface area contributed by atoms with Crippen molar-refractivity contribution in [3.63, 3.8) is 0 Å². The largest absolute Gasteiger partial charge is 0.324 e. The quantitative estimate of drug-likeness (QED) is 0.784. The predicted molar refractivity (Wildman–Crippen MR) is 70.0 cm³/mol. The molecule has 19 heavy (non-hydrogen) atoms. The fraction of sp³-hybridized carbons (Fsp3) is 0.333. The zero-order valence-corrected chi connectivity index (χ0v) is 10.5. The van der Waals surface area contributed by atoms with Crippen LogP contribution in [0.5, 0.6) is 0 Å². The van der Waals surface area contributed by atoms with Gasteiger partial charge >= 0.3 is 6.03 Å². The van der Waals surface area contributed by atoms with Gasteiger partial charge in [0.25, 0.3) is 0 Å². The van der Waals surface area contributed by atoms with Crippen molar-refractivity contribution in [1.82, 2.24) is 20.4 Å². The summed E-state index contributed by atoms with van der Waals surface area (Å²) in [7, 11) is 0. The summed E-state index contributed by atoms with van der Waals surface area (Å²) in [6.07, 6.45) is 3.90. The number of aromatic nitrogens is 4. The third-order valence-corrected chi connectivity index (χ3v) is 2.94. The highest BCUT2D eigenvalue weighted by Gasteiger charge is 2.28. The van der Waals surface area contributed by atoms with Crippen molar-refractivity contribution in [3.8, 4) is 0 Å². The molecule has 0 saturated heterocycles. The Hall–Kier alpha value is -2.44. The van der Waals surface area contributed by atoms with Crippen LogP contribution in [0.4, 0.5) is 16.3 Å². The average molecular weight is 258 g/mol. The van der Waals surface area contributed by atoms with E-state index in [1.165, 1.54) is 0 Å². The maximum absolute atomic E-state index is 11.8. The molecular weight excluding hydrogens is 244 g/mol. The van der Waals surface area contributed by atoms with Crippen LogP contribution in [-0.2, 0) is 0 Å². The third kappa shape index (κ3) is 2.70. The minimum absolute atomic E-state index is 0.346. The number of carbonyl (C=O) groups is 1. The fourth-order valence-corrected chi connectivity index (χ4v) is 1.81. The van der Waals surface area contributed by atoms with E-state index in [4.69, 9.17) is 0 Å². The first-order valence-electron chi connectivity index (χ1n) is 6.14. The van der Waals surface area contributed by atoms with Gasteiger partial charge in [0.2, 0.25) is 0 Å². The van der Waals surface area contributed by atoms with Crippen LogP contribution < -0.4 is 10.6 Å². The van der Waals surface area contributed by atoms with Gasteiger partial charge < -0.3 is 5.32 Å². The first-order valence-corrected chi connectivity index (χ1v) is 6.14. The Labute approximate surface area is 109 Å². The number of nitrogens with one attached hydrogen (secondary N) is 3. The monoisotopic (exact) mass is 258 g/mol. The molecule has 0 aromatic carbocycles. The third-order valence-electron chi connectivity index (χ3n) is 2.94. The molecule has 98 valence electrons. The highest BCUT2D eigenvalue weighted by Crippen LogP contribution is 2.42. The molecular formula is C12H14N6O. The van der Waals surface area contributed by atoms with Gasteiger partial charge in [0, 0.05) is 5.92 Å². The summed E-state index contributed by atoms with van der Waals surface area (Å²) in [6.45, 7) is 1.84. The molecule has 7 heteroatoms. The van der Waals surface area contributed by atoms with Crippen molar-refractivity contribution in [2.45, 2.75) is 25.7 Å². The van der Waals surface area contributed by atoms with Gasteiger partial charge in [-0.05, 0) is 31.9 Å². The summed E-state index contributed by atoms with van der Waals surface area (Å²) in [5, 5.41) is 20.0. The smallest absolute Gasteiger partial charge is 0.305 e. The van der Waals surface area contributed by atoms with Crippen LogP contribution in [0.15, 0.2) is 18.3 Å². The minimum atomic E-state index is -0.346. The predicted octanol–water partition coefficient (Wildman–Crippen LogP) is 2.03. The van der Waals surface area contributed by atoms with E-state index in [2.05, 4.69) is 31.0 Å². The lowest BCUT2D eigenvalue weighted by molar-refractivity contribution is 0.262. The number of aryl methyl sites for hydroxylation is 1. The molecule has 0 atom stereocenters. The minimum Gasteiger partial charge on any atom is -0.305 e. The van der Waals surface area contributed by atoms with Crippen molar-refractivity contribution in [3.05, 3.63) is 29.7 Å². The van der Waals surface area contributed by atoms with E-state index in [0.29, 0.717) is 11.7 Å². The molecule has 2 aromatic heterocycles. The van der Waals surface area contributed by atoms with Gasteiger partial charge in [0.05, 0.1) is 23.3 Å². The van der Waals surface area contributed by atoms with Crippen LogP contribution in [0.3, 0.4) is 0 Å². The van der Waals surface area contributed by atoms with E-state index >= 15 is 0 Å². The first kappa shape index (κ1) is 11.6.